The van der Waals surface area contributed by atoms with Crippen LogP contribution in [-0.4, -0.2) is 24.5 Å². The second kappa shape index (κ2) is 12.1. The van der Waals surface area contributed by atoms with E-state index in [-0.39, 0.29) is 5.41 Å². The van der Waals surface area contributed by atoms with Crippen molar-refractivity contribution in [2.75, 3.05) is 0 Å². The van der Waals surface area contributed by atoms with Crippen LogP contribution < -0.4 is 0 Å². The number of benzene rings is 7. The molecule has 10 aromatic rings. The van der Waals surface area contributed by atoms with Crippen LogP contribution in [0.5, 0.6) is 0 Å². The van der Waals surface area contributed by atoms with Gasteiger partial charge in [-0.2, -0.15) is 0 Å². The minimum absolute atomic E-state index is 0.133. The van der Waals surface area contributed by atoms with Crippen molar-refractivity contribution in [3.05, 3.63) is 175 Å². The summed E-state index contributed by atoms with van der Waals surface area (Å²) in [5, 5.41) is 3.38. The average molecular weight is 724 g/mol. The van der Waals surface area contributed by atoms with Crippen molar-refractivity contribution < 1.29 is 0 Å². The van der Waals surface area contributed by atoms with Gasteiger partial charge in [-0.15, -0.1) is 11.3 Å². The van der Waals surface area contributed by atoms with Gasteiger partial charge in [0, 0.05) is 44.1 Å². The lowest BCUT2D eigenvalue weighted by atomic mass is 9.82. The van der Waals surface area contributed by atoms with Gasteiger partial charge in [-0.1, -0.05) is 129 Å². The van der Waals surface area contributed by atoms with Gasteiger partial charge in [-0.3, -0.25) is 0 Å². The van der Waals surface area contributed by atoms with Crippen LogP contribution in [-0.2, 0) is 5.41 Å². The summed E-state index contributed by atoms with van der Waals surface area (Å²) in [5.41, 5.74) is 13.6. The van der Waals surface area contributed by atoms with Crippen molar-refractivity contribution in [2.24, 2.45) is 0 Å². The fourth-order valence-corrected chi connectivity index (χ4v) is 9.32. The molecule has 260 valence electrons. The maximum absolute atomic E-state index is 5.11. The molecule has 0 radical (unpaired) electrons. The second-order valence-electron chi connectivity index (χ2n) is 14.7. The third-order valence-corrected chi connectivity index (χ3v) is 12.1. The Morgan fingerprint density at radius 3 is 1.73 bits per heavy atom. The van der Waals surface area contributed by atoms with E-state index in [0.717, 1.165) is 54.9 Å². The number of para-hydroxylation sites is 1. The van der Waals surface area contributed by atoms with Crippen LogP contribution in [0.4, 0.5) is 0 Å². The second-order valence-corrected chi connectivity index (χ2v) is 15.8. The first-order chi connectivity index (χ1) is 27.0. The minimum Gasteiger partial charge on any atom is -0.309 e. The maximum Gasteiger partial charge on any atom is 0.164 e. The van der Waals surface area contributed by atoms with E-state index in [9.17, 15) is 0 Å². The predicted octanol–water partition coefficient (Wildman–Crippen LogP) is 12.6. The Labute approximate surface area is 322 Å². The molecule has 7 aromatic carbocycles. The summed E-state index contributed by atoms with van der Waals surface area (Å²) in [4.78, 5) is 20.1. The van der Waals surface area contributed by atoms with Gasteiger partial charge in [0.1, 0.15) is 5.01 Å². The van der Waals surface area contributed by atoms with E-state index in [1.165, 1.54) is 32.3 Å². The lowest BCUT2D eigenvalue weighted by Gasteiger charge is -2.21. The first-order valence-electron chi connectivity index (χ1n) is 18.6. The molecule has 0 amide bonds. The summed E-state index contributed by atoms with van der Waals surface area (Å²) in [7, 11) is 0. The van der Waals surface area contributed by atoms with Crippen LogP contribution in [0, 0.1) is 0 Å². The molecule has 6 heteroatoms. The minimum atomic E-state index is -0.133. The van der Waals surface area contributed by atoms with E-state index >= 15 is 0 Å². The molecule has 11 rings (SSSR count). The number of rotatable bonds is 5. The van der Waals surface area contributed by atoms with Crippen molar-refractivity contribution in [1.29, 1.82) is 0 Å². The summed E-state index contributed by atoms with van der Waals surface area (Å²) in [5.74, 6) is 1.95. The summed E-state index contributed by atoms with van der Waals surface area (Å²) in [6.07, 6.45) is 0. The molecule has 3 heterocycles. The SMILES string of the molecule is CC1(C)c2ccc(-n3c4ccccc4c4cc(-c5nc(-c6ccccc6)nc(-c6ccccc6)n5)ccc43)cc2-c2cc3nc(-c4ccccc4)sc3cc21. The van der Waals surface area contributed by atoms with Gasteiger partial charge in [0.15, 0.2) is 17.5 Å². The molecule has 55 heavy (non-hydrogen) atoms. The average Bonchev–Trinajstić information content (AvgIpc) is 3.88. The molecule has 3 aromatic heterocycles. The van der Waals surface area contributed by atoms with Gasteiger partial charge in [-0.25, -0.2) is 19.9 Å². The molecule has 0 fully saturated rings. The van der Waals surface area contributed by atoms with Crippen molar-refractivity contribution in [2.45, 2.75) is 19.3 Å². The van der Waals surface area contributed by atoms with Gasteiger partial charge < -0.3 is 4.57 Å². The highest BCUT2D eigenvalue weighted by atomic mass is 32.1. The lowest BCUT2D eigenvalue weighted by molar-refractivity contribution is 0.661. The molecule has 0 bridgehead atoms. The quantitative estimate of drug-likeness (QED) is 0.177. The van der Waals surface area contributed by atoms with E-state index < -0.39 is 0 Å². The highest BCUT2D eigenvalue weighted by molar-refractivity contribution is 7.21. The highest BCUT2D eigenvalue weighted by Gasteiger charge is 2.36. The summed E-state index contributed by atoms with van der Waals surface area (Å²) in [6.45, 7) is 4.69. The lowest BCUT2D eigenvalue weighted by Crippen LogP contribution is -2.14. The first-order valence-corrected chi connectivity index (χ1v) is 19.4. The van der Waals surface area contributed by atoms with Crippen molar-refractivity contribution in [3.8, 4) is 61.5 Å². The number of aromatic nitrogens is 5. The van der Waals surface area contributed by atoms with Gasteiger partial charge in [-0.05, 0) is 70.8 Å². The van der Waals surface area contributed by atoms with Crippen LogP contribution in [0.3, 0.4) is 0 Å². The molecule has 0 unspecified atom stereocenters. The first kappa shape index (κ1) is 31.7. The van der Waals surface area contributed by atoms with Crippen LogP contribution in [0.1, 0.15) is 25.0 Å². The Morgan fingerprint density at radius 2 is 1.04 bits per heavy atom. The molecule has 0 saturated heterocycles. The topological polar surface area (TPSA) is 56.5 Å². The van der Waals surface area contributed by atoms with Crippen LogP contribution in [0.25, 0.3) is 93.6 Å². The zero-order valence-corrected chi connectivity index (χ0v) is 31.0. The Balaban J connectivity index is 1.06. The van der Waals surface area contributed by atoms with Crippen molar-refractivity contribution in [1.82, 2.24) is 24.5 Å². The van der Waals surface area contributed by atoms with Crippen LogP contribution in [0.15, 0.2) is 164 Å². The van der Waals surface area contributed by atoms with Gasteiger partial charge in [0.2, 0.25) is 0 Å². The van der Waals surface area contributed by atoms with E-state index in [1.54, 1.807) is 11.3 Å². The number of nitrogens with zero attached hydrogens (tertiary/aromatic N) is 5. The molecule has 5 nitrogen and oxygen atoms in total. The Kier molecular flexibility index (Phi) is 7.00. The van der Waals surface area contributed by atoms with E-state index in [0.29, 0.717) is 17.5 Å². The van der Waals surface area contributed by atoms with Gasteiger partial charge in [0.05, 0.1) is 21.3 Å². The van der Waals surface area contributed by atoms with Crippen LogP contribution >= 0.6 is 11.3 Å². The number of fused-ring (bicyclic) bond motifs is 7. The molecular weight excluding hydrogens is 691 g/mol. The third-order valence-electron chi connectivity index (χ3n) is 11.1. The Hall–Kier alpha value is -6.76. The highest BCUT2D eigenvalue weighted by Crippen LogP contribution is 2.51. The smallest absolute Gasteiger partial charge is 0.164 e. The molecule has 0 atom stereocenters. The van der Waals surface area contributed by atoms with E-state index in [1.807, 2.05) is 60.7 Å². The maximum atomic E-state index is 5.11. The number of thiazole rings is 1. The fourth-order valence-electron chi connectivity index (χ4n) is 8.33. The number of hydrogen-bond donors (Lipinski definition) is 0. The zero-order chi connectivity index (χ0) is 36.7. The Morgan fingerprint density at radius 1 is 0.455 bits per heavy atom. The van der Waals surface area contributed by atoms with E-state index in [2.05, 4.69) is 122 Å². The molecule has 0 saturated carbocycles. The summed E-state index contributed by atoms with van der Waals surface area (Å²) in [6, 6.07) is 57.7. The molecule has 1 aliphatic carbocycles. The van der Waals surface area contributed by atoms with Crippen LogP contribution in [0.2, 0.25) is 0 Å². The zero-order valence-electron chi connectivity index (χ0n) is 30.2. The van der Waals surface area contributed by atoms with Gasteiger partial charge >= 0.3 is 0 Å². The third kappa shape index (κ3) is 5.06. The molecule has 0 aliphatic heterocycles. The monoisotopic (exact) mass is 723 g/mol. The standard InChI is InChI=1S/C49H33N5S/c1-49(2)39-24-23-34(27-36(39)37-28-41-44(29-40(37)49)55-48(50-41)32-18-10-5-11-19-32)54-42-21-13-12-20-35(42)38-26-33(22-25-43(38)54)47-52-45(30-14-6-3-7-15-30)51-46(53-47)31-16-8-4-9-17-31/h3-29H,1-2H3. The molecular formula is C49H33N5S. The Bertz CT molecular complexity index is 3050. The van der Waals surface area contributed by atoms with Gasteiger partial charge in [0.25, 0.3) is 0 Å². The normalized spacial score (nSPS) is 13.1. The van der Waals surface area contributed by atoms with Crippen molar-refractivity contribution in [3.63, 3.8) is 0 Å². The molecule has 1 aliphatic rings. The molecule has 0 spiro atoms. The van der Waals surface area contributed by atoms with Crippen molar-refractivity contribution >= 4 is 43.4 Å². The molecule has 0 N–H and O–H groups in total. The predicted molar refractivity (Wildman–Crippen MR) is 227 cm³/mol. The summed E-state index contributed by atoms with van der Waals surface area (Å²) < 4.78 is 3.62. The largest absolute Gasteiger partial charge is 0.309 e. The number of hydrogen-bond acceptors (Lipinski definition) is 5. The van der Waals surface area contributed by atoms with E-state index in [4.69, 9.17) is 19.9 Å². The fraction of sp³-hybridized carbons (Fsp3) is 0.0612. The summed E-state index contributed by atoms with van der Waals surface area (Å²) >= 11 is 1.77.